The van der Waals surface area contributed by atoms with Crippen LogP contribution in [0.15, 0.2) is 40.9 Å². The van der Waals surface area contributed by atoms with Crippen molar-refractivity contribution >= 4 is 21.7 Å². The minimum Gasteiger partial charge on any atom is -0.288 e. The zero-order chi connectivity index (χ0) is 13.3. The molecule has 2 aromatic carbocycles. The summed E-state index contributed by atoms with van der Waals surface area (Å²) >= 11 is 3.08. The van der Waals surface area contributed by atoms with Crippen LogP contribution in [0.25, 0.3) is 0 Å². The molecule has 92 valence electrons. The molecule has 18 heavy (non-hydrogen) atoms. The average molecular weight is 315 g/mol. The van der Waals surface area contributed by atoms with E-state index in [-0.39, 0.29) is 5.56 Å². The Labute approximate surface area is 109 Å². The lowest BCUT2D eigenvalue weighted by atomic mass is 10.0. The third-order valence-electron chi connectivity index (χ3n) is 2.35. The normalized spacial score (nSPS) is 10.4. The summed E-state index contributed by atoms with van der Waals surface area (Å²) in [5.41, 5.74) is -0.805. The highest BCUT2D eigenvalue weighted by Crippen LogP contribution is 2.20. The lowest BCUT2D eigenvalue weighted by molar-refractivity contribution is 0.103. The maximum absolute atomic E-state index is 13.5. The molecular formula is C13H6BrF3O. The van der Waals surface area contributed by atoms with Crippen LogP contribution in [0.1, 0.15) is 15.9 Å². The molecule has 0 radical (unpaired) electrons. The molecule has 0 unspecified atom stereocenters. The van der Waals surface area contributed by atoms with E-state index >= 15 is 0 Å². The summed E-state index contributed by atoms with van der Waals surface area (Å²) in [5, 5.41) is 0. The first-order chi connectivity index (χ1) is 8.49. The largest absolute Gasteiger partial charge is 0.288 e. The van der Waals surface area contributed by atoms with Gasteiger partial charge < -0.3 is 0 Å². The molecule has 0 bridgehead atoms. The molecule has 0 atom stereocenters. The first-order valence-electron chi connectivity index (χ1n) is 4.94. The van der Waals surface area contributed by atoms with E-state index in [0.717, 1.165) is 24.3 Å². The Kier molecular flexibility index (Phi) is 3.52. The molecule has 2 rings (SSSR count). The standard InChI is InChI=1S/C13H6BrF3O/c14-7-1-3-11(16)9(5-7)13(18)10-6-8(15)2-4-12(10)17/h1-6H. The van der Waals surface area contributed by atoms with Crippen molar-refractivity contribution in [2.24, 2.45) is 0 Å². The molecule has 2 aromatic rings. The van der Waals surface area contributed by atoms with E-state index < -0.39 is 28.8 Å². The first-order valence-corrected chi connectivity index (χ1v) is 5.73. The van der Waals surface area contributed by atoms with Gasteiger partial charge in [-0.2, -0.15) is 0 Å². The van der Waals surface area contributed by atoms with Gasteiger partial charge in [0.15, 0.2) is 5.78 Å². The van der Waals surface area contributed by atoms with Crippen molar-refractivity contribution in [3.63, 3.8) is 0 Å². The van der Waals surface area contributed by atoms with Crippen LogP contribution in [0.4, 0.5) is 13.2 Å². The zero-order valence-electron chi connectivity index (χ0n) is 8.88. The van der Waals surface area contributed by atoms with Crippen LogP contribution in [0.2, 0.25) is 0 Å². The minimum atomic E-state index is -0.897. The number of rotatable bonds is 2. The molecule has 0 aromatic heterocycles. The Balaban J connectivity index is 2.54. The quantitative estimate of drug-likeness (QED) is 0.763. The van der Waals surface area contributed by atoms with Crippen molar-refractivity contribution in [1.82, 2.24) is 0 Å². The van der Waals surface area contributed by atoms with Crippen LogP contribution >= 0.6 is 15.9 Å². The van der Waals surface area contributed by atoms with Crippen LogP contribution < -0.4 is 0 Å². The fourth-order valence-electron chi connectivity index (χ4n) is 1.49. The van der Waals surface area contributed by atoms with Gasteiger partial charge in [-0.3, -0.25) is 4.79 Å². The summed E-state index contributed by atoms with van der Waals surface area (Å²) in [5.74, 6) is -3.33. The van der Waals surface area contributed by atoms with Gasteiger partial charge in [0, 0.05) is 4.47 Å². The topological polar surface area (TPSA) is 17.1 Å². The molecule has 0 amide bonds. The number of carbonyl (C=O) groups is 1. The third-order valence-corrected chi connectivity index (χ3v) is 2.84. The van der Waals surface area contributed by atoms with Crippen molar-refractivity contribution in [1.29, 1.82) is 0 Å². The summed E-state index contributed by atoms with van der Waals surface area (Å²) in [4.78, 5) is 11.9. The van der Waals surface area contributed by atoms with Crippen molar-refractivity contribution in [3.8, 4) is 0 Å². The summed E-state index contributed by atoms with van der Waals surface area (Å²) in [7, 11) is 0. The summed E-state index contributed by atoms with van der Waals surface area (Å²) in [6, 6.07) is 6.18. The smallest absolute Gasteiger partial charge is 0.199 e. The van der Waals surface area contributed by atoms with Gasteiger partial charge in [0.05, 0.1) is 11.1 Å². The number of halogens is 4. The highest BCUT2D eigenvalue weighted by molar-refractivity contribution is 9.10. The average Bonchev–Trinajstić information content (AvgIpc) is 2.34. The van der Waals surface area contributed by atoms with E-state index in [1.807, 2.05) is 0 Å². The lowest BCUT2D eigenvalue weighted by Gasteiger charge is -2.05. The van der Waals surface area contributed by atoms with E-state index in [2.05, 4.69) is 15.9 Å². The van der Waals surface area contributed by atoms with Crippen LogP contribution in [-0.4, -0.2) is 5.78 Å². The maximum atomic E-state index is 13.5. The van der Waals surface area contributed by atoms with Crippen molar-refractivity contribution in [3.05, 3.63) is 69.4 Å². The second kappa shape index (κ2) is 4.94. The molecule has 1 nitrogen and oxygen atoms in total. The van der Waals surface area contributed by atoms with Crippen molar-refractivity contribution in [2.45, 2.75) is 0 Å². The molecule has 0 aliphatic rings. The molecule has 0 spiro atoms. The second-order valence-electron chi connectivity index (χ2n) is 3.58. The third kappa shape index (κ3) is 2.46. The number of carbonyl (C=O) groups excluding carboxylic acids is 1. The van der Waals surface area contributed by atoms with Gasteiger partial charge in [-0.15, -0.1) is 0 Å². The molecule has 0 fully saturated rings. The SMILES string of the molecule is O=C(c1cc(F)ccc1F)c1cc(Br)ccc1F. The molecule has 0 aliphatic heterocycles. The molecular weight excluding hydrogens is 309 g/mol. The first kappa shape index (κ1) is 12.8. The Morgan fingerprint density at radius 2 is 1.44 bits per heavy atom. The number of hydrogen-bond donors (Lipinski definition) is 0. The van der Waals surface area contributed by atoms with Crippen LogP contribution in [0.3, 0.4) is 0 Å². The van der Waals surface area contributed by atoms with Gasteiger partial charge in [0.1, 0.15) is 17.5 Å². The second-order valence-corrected chi connectivity index (χ2v) is 4.49. The van der Waals surface area contributed by atoms with E-state index in [4.69, 9.17) is 0 Å². The minimum absolute atomic E-state index is 0.311. The fraction of sp³-hybridized carbons (Fsp3) is 0. The lowest BCUT2D eigenvalue weighted by Crippen LogP contribution is -2.07. The number of ketones is 1. The van der Waals surface area contributed by atoms with E-state index in [1.54, 1.807) is 0 Å². The highest BCUT2D eigenvalue weighted by Gasteiger charge is 2.18. The highest BCUT2D eigenvalue weighted by atomic mass is 79.9. The van der Waals surface area contributed by atoms with E-state index in [1.165, 1.54) is 12.1 Å². The van der Waals surface area contributed by atoms with Gasteiger partial charge >= 0.3 is 0 Å². The molecule has 0 aliphatic carbocycles. The molecule has 0 saturated heterocycles. The van der Waals surface area contributed by atoms with E-state index in [0.29, 0.717) is 4.47 Å². The predicted molar refractivity (Wildman–Crippen MR) is 63.9 cm³/mol. The van der Waals surface area contributed by atoms with Crippen molar-refractivity contribution < 1.29 is 18.0 Å². The monoisotopic (exact) mass is 314 g/mol. The van der Waals surface area contributed by atoms with Gasteiger partial charge in [-0.05, 0) is 36.4 Å². The Bertz CT molecular complexity index is 572. The summed E-state index contributed by atoms with van der Waals surface area (Å²) in [6.45, 7) is 0. The maximum Gasteiger partial charge on any atom is 0.199 e. The van der Waals surface area contributed by atoms with Gasteiger partial charge in [0.25, 0.3) is 0 Å². The van der Waals surface area contributed by atoms with Crippen LogP contribution in [0, 0.1) is 17.5 Å². The Morgan fingerprint density at radius 1 is 0.889 bits per heavy atom. The Hall–Kier alpha value is -1.62. The summed E-state index contributed by atoms with van der Waals surface area (Å²) < 4.78 is 40.4. The fourth-order valence-corrected chi connectivity index (χ4v) is 1.85. The molecule has 0 N–H and O–H groups in total. The summed E-state index contributed by atoms with van der Waals surface area (Å²) in [6.07, 6.45) is 0. The number of hydrogen-bond acceptors (Lipinski definition) is 1. The Morgan fingerprint density at radius 3 is 2.11 bits per heavy atom. The van der Waals surface area contributed by atoms with Gasteiger partial charge in [-0.1, -0.05) is 15.9 Å². The van der Waals surface area contributed by atoms with Gasteiger partial charge in [0.2, 0.25) is 0 Å². The van der Waals surface area contributed by atoms with Gasteiger partial charge in [-0.25, -0.2) is 13.2 Å². The van der Waals surface area contributed by atoms with Crippen molar-refractivity contribution in [2.75, 3.05) is 0 Å². The zero-order valence-corrected chi connectivity index (χ0v) is 10.5. The predicted octanol–water partition coefficient (Wildman–Crippen LogP) is 4.10. The van der Waals surface area contributed by atoms with Crippen LogP contribution in [0.5, 0.6) is 0 Å². The molecule has 0 heterocycles. The molecule has 0 saturated carbocycles. The van der Waals surface area contributed by atoms with E-state index in [9.17, 15) is 18.0 Å². The molecule has 5 heteroatoms. The van der Waals surface area contributed by atoms with Crippen LogP contribution in [-0.2, 0) is 0 Å². The number of benzene rings is 2.